The fourth-order valence-electron chi connectivity index (χ4n) is 2.61. The molecule has 0 bridgehead atoms. The van der Waals surface area contributed by atoms with Gasteiger partial charge in [0.05, 0.1) is 6.17 Å². The molecule has 96 valence electrons. The Labute approximate surface area is 99.1 Å². The van der Waals surface area contributed by atoms with Gasteiger partial charge >= 0.3 is 0 Å². The Bertz CT molecular complexity index is 195. The van der Waals surface area contributed by atoms with E-state index in [0.29, 0.717) is 0 Å². The van der Waals surface area contributed by atoms with Crippen molar-refractivity contribution < 1.29 is 0 Å². The number of unbranched alkanes of at least 4 members (excludes halogenated alkanes) is 2. The third-order valence-corrected chi connectivity index (χ3v) is 3.83. The van der Waals surface area contributed by atoms with Gasteiger partial charge in [0, 0.05) is 11.6 Å². The monoisotopic (exact) mass is 228 g/mol. The van der Waals surface area contributed by atoms with Crippen molar-refractivity contribution in [2.45, 2.75) is 75.5 Å². The van der Waals surface area contributed by atoms with Crippen molar-refractivity contribution in [1.29, 1.82) is 0 Å². The van der Waals surface area contributed by atoms with Crippen LogP contribution in [-0.4, -0.2) is 17.7 Å². The molecular formula is C12H28N4. The topological polar surface area (TPSA) is 104 Å². The van der Waals surface area contributed by atoms with E-state index in [2.05, 4.69) is 0 Å². The molecule has 0 amide bonds. The Morgan fingerprint density at radius 3 is 2.50 bits per heavy atom. The summed E-state index contributed by atoms with van der Waals surface area (Å²) in [5.74, 6) is 0. The summed E-state index contributed by atoms with van der Waals surface area (Å²) in [6, 6.07) is 0.193. The minimum atomic E-state index is -0.163. The van der Waals surface area contributed by atoms with Crippen LogP contribution in [0, 0.1) is 0 Å². The highest BCUT2D eigenvalue weighted by molar-refractivity contribution is 4.96. The molecular weight excluding hydrogens is 200 g/mol. The van der Waals surface area contributed by atoms with E-state index >= 15 is 0 Å². The lowest BCUT2D eigenvalue weighted by molar-refractivity contribution is 0.230. The Morgan fingerprint density at radius 1 is 1.12 bits per heavy atom. The van der Waals surface area contributed by atoms with Crippen LogP contribution in [0.25, 0.3) is 0 Å². The van der Waals surface area contributed by atoms with Gasteiger partial charge in [-0.15, -0.1) is 0 Å². The zero-order valence-electron chi connectivity index (χ0n) is 10.3. The van der Waals surface area contributed by atoms with Crippen LogP contribution in [0.1, 0.15) is 57.8 Å². The summed E-state index contributed by atoms with van der Waals surface area (Å²) in [4.78, 5) is 0. The summed E-state index contributed by atoms with van der Waals surface area (Å²) in [5, 5.41) is 0. The van der Waals surface area contributed by atoms with Gasteiger partial charge in [-0.1, -0.05) is 32.1 Å². The molecule has 0 aromatic rings. The predicted molar refractivity (Wildman–Crippen MR) is 68.6 cm³/mol. The summed E-state index contributed by atoms with van der Waals surface area (Å²) in [5.41, 5.74) is 23.4. The zero-order chi connectivity index (χ0) is 12.0. The Morgan fingerprint density at radius 2 is 1.88 bits per heavy atom. The molecule has 0 aromatic carbocycles. The molecule has 0 heterocycles. The van der Waals surface area contributed by atoms with Crippen LogP contribution in [0.3, 0.4) is 0 Å². The molecule has 4 heteroatoms. The summed E-state index contributed by atoms with van der Waals surface area (Å²) >= 11 is 0. The first-order valence-electron chi connectivity index (χ1n) is 6.60. The number of hydrogen-bond acceptors (Lipinski definition) is 4. The molecule has 4 nitrogen and oxygen atoms in total. The van der Waals surface area contributed by atoms with E-state index in [-0.39, 0.29) is 17.7 Å². The lowest BCUT2D eigenvalue weighted by atomic mass is 9.75. The molecule has 2 atom stereocenters. The van der Waals surface area contributed by atoms with E-state index in [1.54, 1.807) is 0 Å². The van der Waals surface area contributed by atoms with Crippen molar-refractivity contribution >= 4 is 0 Å². The SMILES string of the molecule is NC(N)CCCCCC1(N)CCCCC1N. The smallest absolute Gasteiger partial charge is 0.0520 e. The maximum Gasteiger partial charge on any atom is 0.0520 e. The molecule has 1 fully saturated rings. The van der Waals surface area contributed by atoms with E-state index in [9.17, 15) is 0 Å². The largest absolute Gasteiger partial charge is 0.326 e. The zero-order valence-corrected chi connectivity index (χ0v) is 10.3. The molecule has 0 radical (unpaired) electrons. The first-order chi connectivity index (χ1) is 7.54. The minimum Gasteiger partial charge on any atom is -0.326 e. The number of hydrogen-bond donors (Lipinski definition) is 4. The normalized spacial score (nSPS) is 30.9. The molecule has 16 heavy (non-hydrogen) atoms. The van der Waals surface area contributed by atoms with Gasteiger partial charge < -0.3 is 22.9 Å². The predicted octanol–water partition coefficient (Wildman–Crippen LogP) is 0.779. The van der Waals surface area contributed by atoms with Crippen LogP contribution < -0.4 is 22.9 Å². The van der Waals surface area contributed by atoms with Crippen LogP contribution >= 0.6 is 0 Å². The van der Waals surface area contributed by atoms with Gasteiger partial charge in [0.1, 0.15) is 0 Å². The third kappa shape index (κ3) is 4.37. The van der Waals surface area contributed by atoms with Gasteiger partial charge in [0.15, 0.2) is 0 Å². The van der Waals surface area contributed by atoms with Crippen molar-refractivity contribution in [2.24, 2.45) is 22.9 Å². The molecule has 0 saturated heterocycles. The van der Waals surface area contributed by atoms with Crippen molar-refractivity contribution in [3.8, 4) is 0 Å². The van der Waals surface area contributed by atoms with Crippen LogP contribution in [0.4, 0.5) is 0 Å². The maximum atomic E-state index is 6.37. The van der Waals surface area contributed by atoms with Crippen LogP contribution in [-0.2, 0) is 0 Å². The average Bonchev–Trinajstić information content (AvgIpc) is 2.22. The number of rotatable bonds is 6. The maximum absolute atomic E-state index is 6.37. The highest BCUT2D eigenvalue weighted by Crippen LogP contribution is 2.29. The molecule has 1 rings (SSSR count). The van der Waals surface area contributed by atoms with Crippen LogP contribution in [0.15, 0.2) is 0 Å². The Kier molecular flexibility index (Phi) is 5.69. The molecule has 1 aliphatic carbocycles. The molecule has 8 N–H and O–H groups in total. The highest BCUT2D eigenvalue weighted by atomic mass is 14.9. The molecule has 1 aliphatic rings. The lowest BCUT2D eigenvalue weighted by Crippen LogP contribution is -2.56. The first-order valence-corrected chi connectivity index (χ1v) is 6.60. The van der Waals surface area contributed by atoms with Gasteiger partial charge in [-0.25, -0.2) is 0 Å². The molecule has 1 saturated carbocycles. The molecule has 0 aliphatic heterocycles. The van der Waals surface area contributed by atoms with E-state index in [4.69, 9.17) is 22.9 Å². The average molecular weight is 228 g/mol. The summed E-state index contributed by atoms with van der Waals surface area (Å²) in [6.45, 7) is 0. The Hall–Kier alpha value is -0.160. The van der Waals surface area contributed by atoms with Crippen molar-refractivity contribution in [2.75, 3.05) is 0 Å². The minimum absolute atomic E-state index is 0.108. The molecule has 0 aromatic heterocycles. The van der Waals surface area contributed by atoms with E-state index in [0.717, 1.165) is 44.9 Å². The van der Waals surface area contributed by atoms with Crippen LogP contribution in [0.2, 0.25) is 0 Å². The Balaban J connectivity index is 2.15. The van der Waals surface area contributed by atoms with Crippen LogP contribution in [0.5, 0.6) is 0 Å². The summed E-state index contributed by atoms with van der Waals surface area (Å²) in [7, 11) is 0. The van der Waals surface area contributed by atoms with Gasteiger partial charge in [0.2, 0.25) is 0 Å². The molecule has 0 spiro atoms. The number of nitrogens with two attached hydrogens (primary N) is 4. The van der Waals surface area contributed by atoms with E-state index in [1.165, 1.54) is 12.8 Å². The fraction of sp³-hybridized carbons (Fsp3) is 1.00. The van der Waals surface area contributed by atoms with Crippen molar-refractivity contribution in [3.63, 3.8) is 0 Å². The second-order valence-corrected chi connectivity index (χ2v) is 5.35. The fourth-order valence-corrected chi connectivity index (χ4v) is 2.61. The standard InChI is InChI=1S/C12H28N4/c13-10-6-3-5-9-12(10,16)8-4-1-2-7-11(14)15/h10-11H,1-9,13-16H2. The lowest BCUT2D eigenvalue weighted by Gasteiger charge is -2.39. The van der Waals surface area contributed by atoms with Gasteiger partial charge in [-0.3, -0.25) is 0 Å². The van der Waals surface area contributed by atoms with E-state index in [1.807, 2.05) is 0 Å². The van der Waals surface area contributed by atoms with E-state index < -0.39 is 0 Å². The van der Waals surface area contributed by atoms with Crippen molar-refractivity contribution in [1.82, 2.24) is 0 Å². The third-order valence-electron chi connectivity index (χ3n) is 3.83. The van der Waals surface area contributed by atoms with Gasteiger partial charge in [-0.05, 0) is 25.7 Å². The highest BCUT2D eigenvalue weighted by Gasteiger charge is 2.33. The first kappa shape index (κ1) is 13.9. The second-order valence-electron chi connectivity index (χ2n) is 5.35. The summed E-state index contributed by atoms with van der Waals surface area (Å²) < 4.78 is 0. The van der Waals surface area contributed by atoms with Gasteiger partial charge in [-0.2, -0.15) is 0 Å². The van der Waals surface area contributed by atoms with Crippen molar-refractivity contribution in [3.05, 3.63) is 0 Å². The summed E-state index contributed by atoms with van der Waals surface area (Å²) in [6.07, 6.45) is 9.85. The molecule has 2 unspecified atom stereocenters. The quantitative estimate of drug-likeness (QED) is 0.398. The second kappa shape index (κ2) is 6.55. The van der Waals surface area contributed by atoms with Gasteiger partial charge in [0.25, 0.3) is 0 Å².